The highest BCUT2D eigenvalue weighted by Crippen LogP contribution is 2.47. The third-order valence-corrected chi connectivity index (χ3v) is 7.18. The standard InChI is InChI=1S/C20H24N2S2/c23-15-21-17-7-8-18-16(13-17)14-19(24-18)20(9-3-1-4-10-20)22-11-5-2-6-12-22/h7-8,13-14H,1-6,9-12H2. The lowest BCUT2D eigenvalue weighted by atomic mass is 9.78. The Balaban J connectivity index is 1.76. The van der Waals surface area contributed by atoms with E-state index in [9.17, 15) is 0 Å². The molecule has 0 atom stereocenters. The molecule has 1 saturated carbocycles. The number of hydrogen-bond donors (Lipinski definition) is 0. The first kappa shape index (κ1) is 16.4. The second-order valence-electron chi connectivity index (χ2n) is 7.18. The predicted octanol–water partition coefficient (Wildman–Crippen LogP) is 6.28. The number of thiocarbonyl (C=S) groups is 1. The highest BCUT2D eigenvalue weighted by atomic mass is 32.1. The van der Waals surface area contributed by atoms with Crippen LogP contribution in [0, 0.1) is 0 Å². The summed E-state index contributed by atoms with van der Waals surface area (Å²) < 4.78 is 1.37. The Hall–Kier alpha value is -1.06. The van der Waals surface area contributed by atoms with E-state index in [-0.39, 0.29) is 5.54 Å². The van der Waals surface area contributed by atoms with Crippen LogP contribution in [0.2, 0.25) is 0 Å². The molecule has 0 radical (unpaired) electrons. The molecule has 126 valence electrons. The van der Waals surface area contributed by atoms with Crippen LogP contribution < -0.4 is 0 Å². The van der Waals surface area contributed by atoms with Gasteiger partial charge in [-0.05, 0) is 80.6 Å². The fraction of sp³-hybridized carbons (Fsp3) is 0.550. The molecule has 4 heteroatoms. The summed E-state index contributed by atoms with van der Waals surface area (Å²) in [5.41, 5.74) is 1.20. The van der Waals surface area contributed by atoms with E-state index in [4.69, 9.17) is 12.2 Å². The van der Waals surface area contributed by atoms with Crippen molar-refractivity contribution in [3.63, 3.8) is 0 Å². The molecular formula is C20H24N2S2. The maximum atomic E-state index is 4.75. The summed E-state index contributed by atoms with van der Waals surface area (Å²) in [5.74, 6) is 0. The van der Waals surface area contributed by atoms with Gasteiger partial charge in [-0.3, -0.25) is 4.90 Å². The van der Waals surface area contributed by atoms with Gasteiger partial charge in [-0.25, -0.2) is 0 Å². The van der Waals surface area contributed by atoms with Crippen LogP contribution in [0.5, 0.6) is 0 Å². The predicted molar refractivity (Wildman–Crippen MR) is 107 cm³/mol. The van der Waals surface area contributed by atoms with Crippen LogP contribution in [0.25, 0.3) is 10.1 Å². The molecule has 1 aliphatic carbocycles. The first-order chi connectivity index (χ1) is 11.8. The van der Waals surface area contributed by atoms with E-state index >= 15 is 0 Å². The number of aliphatic imine (C=N–C) groups is 1. The maximum Gasteiger partial charge on any atom is 0.0746 e. The molecule has 2 nitrogen and oxygen atoms in total. The molecule has 1 aromatic heterocycles. The van der Waals surface area contributed by atoms with Gasteiger partial charge in [0.1, 0.15) is 0 Å². The molecule has 4 rings (SSSR count). The van der Waals surface area contributed by atoms with E-state index in [2.05, 4.69) is 39.3 Å². The number of piperidine rings is 1. The molecule has 1 saturated heterocycles. The zero-order valence-corrected chi connectivity index (χ0v) is 15.7. The quantitative estimate of drug-likeness (QED) is 0.475. The molecule has 1 aromatic carbocycles. The number of benzene rings is 1. The Morgan fingerprint density at radius 3 is 2.50 bits per heavy atom. The molecule has 0 amide bonds. The molecule has 0 unspecified atom stereocenters. The molecule has 1 aliphatic heterocycles. The zero-order chi connectivity index (χ0) is 16.4. The van der Waals surface area contributed by atoms with E-state index in [1.165, 1.54) is 74.5 Å². The van der Waals surface area contributed by atoms with Crippen molar-refractivity contribution in [2.75, 3.05) is 13.1 Å². The van der Waals surface area contributed by atoms with Crippen molar-refractivity contribution < 1.29 is 0 Å². The summed E-state index contributed by atoms with van der Waals surface area (Å²) in [6, 6.07) is 8.84. The molecule has 24 heavy (non-hydrogen) atoms. The van der Waals surface area contributed by atoms with E-state index in [1.54, 1.807) is 4.88 Å². The number of thiophene rings is 1. The SMILES string of the molecule is S=C=Nc1ccc2sc(C3(N4CCCCC4)CCCCC3)cc2c1. The average Bonchev–Trinajstić information content (AvgIpc) is 3.07. The van der Waals surface area contributed by atoms with Crippen molar-refractivity contribution in [2.45, 2.75) is 56.9 Å². The summed E-state index contributed by atoms with van der Waals surface area (Å²) in [7, 11) is 0. The first-order valence-corrected chi connectivity index (χ1v) is 10.4. The summed E-state index contributed by atoms with van der Waals surface area (Å²) >= 11 is 6.74. The molecular weight excluding hydrogens is 332 g/mol. The van der Waals surface area contributed by atoms with Crippen molar-refractivity contribution in [3.8, 4) is 0 Å². The van der Waals surface area contributed by atoms with Crippen LogP contribution in [-0.4, -0.2) is 23.2 Å². The lowest BCUT2D eigenvalue weighted by Gasteiger charge is -2.48. The van der Waals surface area contributed by atoms with E-state index < -0.39 is 0 Å². The highest BCUT2D eigenvalue weighted by molar-refractivity contribution is 7.78. The van der Waals surface area contributed by atoms with Crippen molar-refractivity contribution in [3.05, 3.63) is 29.1 Å². The summed E-state index contributed by atoms with van der Waals surface area (Å²) in [6.45, 7) is 2.55. The van der Waals surface area contributed by atoms with Crippen molar-refractivity contribution in [2.24, 2.45) is 4.99 Å². The first-order valence-electron chi connectivity index (χ1n) is 9.19. The Morgan fingerprint density at radius 1 is 1.00 bits per heavy atom. The average molecular weight is 357 g/mol. The topological polar surface area (TPSA) is 15.6 Å². The minimum atomic E-state index is 0.288. The van der Waals surface area contributed by atoms with Crippen LogP contribution in [-0.2, 0) is 5.54 Å². The van der Waals surface area contributed by atoms with Crippen LogP contribution in [0.1, 0.15) is 56.2 Å². The second kappa shape index (κ2) is 7.05. The zero-order valence-electron chi connectivity index (χ0n) is 14.1. The smallest absolute Gasteiger partial charge is 0.0746 e. The molecule has 0 spiro atoms. The van der Waals surface area contributed by atoms with Gasteiger partial charge in [0.15, 0.2) is 0 Å². The van der Waals surface area contributed by atoms with Crippen molar-refractivity contribution in [1.29, 1.82) is 0 Å². The Morgan fingerprint density at radius 2 is 1.75 bits per heavy atom. The van der Waals surface area contributed by atoms with Gasteiger partial charge in [0.2, 0.25) is 0 Å². The number of nitrogens with zero attached hydrogens (tertiary/aromatic N) is 2. The number of hydrogen-bond acceptors (Lipinski definition) is 4. The lowest BCUT2D eigenvalue weighted by Crippen LogP contribution is -2.49. The van der Waals surface area contributed by atoms with Gasteiger partial charge in [0.25, 0.3) is 0 Å². The van der Waals surface area contributed by atoms with Gasteiger partial charge in [-0.1, -0.05) is 25.7 Å². The Labute approximate surface area is 153 Å². The monoisotopic (exact) mass is 356 g/mol. The van der Waals surface area contributed by atoms with Crippen molar-refractivity contribution in [1.82, 2.24) is 4.90 Å². The third-order valence-electron chi connectivity index (χ3n) is 5.78. The van der Waals surface area contributed by atoms with Gasteiger partial charge in [0, 0.05) is 9.58 Å². The number of isothiocyanates is 1. The Kier molecular flexibility index (Phi) is 4.82. The van der Waals surface area contributed by atoms with Crippen LogP contribution in [0.4, 0.5) is 5.69 Å². The normalized spacial score (nSPS) is 21.5. The molecule has 0 N–H and O–H groups in total. The Bertz CT molecular complexity index is 761. The minimum Gasteiger partial charge on any atom is -0.293 e. The van der Waals surface area contributed by atoms with Crippen molar-refractivity contribution >= 4 is 44.5 Å². The van der Waals surface area contributed by atoms with Gasteiger partial charge in [-0.15, -0.1) is 11.3 Å². The number of fused-ring (bicyclic) bond motifs is 1. The second-order valence-corrected chi connectivity index (χ2v) is 8.44. The molecule has 2 heterocycles. The van der Waals surface area contributed by atoms with E-state index in [0.717, 1.165) is 5.69 Å². The molecule has 2 aliphatic rings. The summed E-state index contributed by atoms with van der Waals surface area (Å²) in [4.78, 5) is 8.53. The van der Waals surface area contributed by atoms with Crippen LogP contribution >= 0.6 is 23.6 Å². The fourth-order valence-electron chi connectivity index (χ4n) is 4.56. The van der Waals surface area contributed by atoms with E-state index in [0.29, 0.717) is 0 Å². The van der Waals surface area contributed by atoms with Gasteiger partial charge >= 0.3 is 0 Å². The van der Waals surface area contributed by atoms with Gasteiger partial charge in [-0.2, -0.15) is 4.99 Å². The summed E-state index contributed by atoms with van der Waals surface area (Å²) in [6.07, 6.45) is 10.9. The van der Waals surface area contributed by atoms with Gasteiger partial charge < -0.3 is 0 Å². The van der Waals surface area contributed by atoms with Gasteiger partial charge in [0.05, 0.1) is 16.4 Å². The van der Waals surface area contributed by atoms with Crippen LogP contribution in [0.3, 0.4) is 0 Å². The number of rotatable bonds is 3. The number of likely N-dealkylation sites (tertiary alicyclic amines) is 1. The molecule has 2 fully saturated rings. The van der Waals surface area contributed by atoms with Crippen LogP contribution in [0.15, 0.2) is 29.3 Å². The van der Waals surface area contributed by atoms with E-state index in [1.807, 2.05) is 11.3 Å². The highest BCUT2D eigenvalue weighted by Gasteiger charge is 2.41. The summed E-state index contributed by atoms with van der Waals surface area (Å²) in [5, 5.41) is 3.79. The molecule has 2 aromatic rings. The maximum absolute atomic E-state index is 4.75. The molecule has 0 bridgehead atoms. The lowest BCUT2D eigenvalue weighted by molar-refractivity contribution is 0.0333. The fourth-order valence-corrected chi connectivity index (χ4v) is 5.98. The largest absolute Gasteiger partial charge is 0.293 e. The third kappa shape index (κ3) is 2.97. The minimum absolute atomic E-state index is 0.288.